The number of fused-ring (bicyclic) bond motifs is 5. The van der Waals surface area contributed by atoms with Gasteiger partial charge in [-0.2, -0.15) is 0 Å². The largest absolute Gasteiger partial charge is 0.391 e. The summed E-state index contributed by atoms with van der Waals surface area (Å²) in [7, 11) is 0. The number of terminal acetylenes is 1. The minimum Gasteiger partial charge on any atom is -0.391 e. The molecule has 2 nitrogen and oxygen atoms in total. The molecule has 1 N–H and O–H groups in total. The molecule has 0 aromatic heterocycles. The van der Waals surface area contributed by atoms with E-state index in [1.807, 2.05) is 6.08 Å². The van der Waals surface area contributed by atoms with Crippen molar-refractivity contribution >= 4 is 5.78 Å². The first-order valence-electron chi connectivity index (χ1n) is 9.28. The number of carbonyl (C=O) groups excluding carboxylic acids is 1. The van der Waals surface area contributed by atoms with E-state index in [0.717, 1.165) is 25.7 Å². The van der Waals surface area contributed by atoms with Crippen molar-refractivity contribution in [2.45, 2.75) is 64.9 Å². The maximum Gasteiger partial charge on any atom is 0.155 e. The van der Waals surface area contributed by atoms with Gasteiger partial charge in [-0.25, -0.2) is 0 Å². The summed E-state index contributed by atoms with van der Waals surface area (Å²) in [6, 6.07) is 0. The van der Waals surface area contributed by atoms with Gasteiger partial charge in [0.15, 0.2) is 5.78 Å². The number of carbonyl (C=O) groups is 1. The van der Waals surface area contributed by atoms with Crippen LogP contribution in [0.4, 0.5) is 0 Å². The van der Waals surface area contributed by atoms with Crippen molar-refractivity contribution in [2.24, 2.45) is 34.5 Å². The molecule has 4 rings (SSSR count). The molecule has 0 aromatic carbocycles. The van der Waals surface area contributed by atoms with E-state index in [4.69, 9.17) is 6.42 Å². The molecule has 4 aliphatic carbocycles. The minimum atomic E-state index is -0.337. The van der Waals surface area contributed by atoms with Gasteiger partial charge in [0, 0.05) is 12.3 Å². The molecule has 3 saturated carbocycles. The first-order valence-corrected chi connectivity index (χ1v) is 9.28. The van der Waals surface area contributed by atoms with Crippen molar-refractivity contribution in [1.29, 1.82) is 0 Å². The Kier molecular flexibility index (Phi) is 3.34. The molecule has 0 saturated heterocycles. The van der Waals surface area contributed by atoms with Gasteiger partial charge >= 0.3 is 0 Å². The molecule has 4 aliphatic rings. The van der Waals surface area contributed by atoms with E-state index in [-0.39, 0.29) is 22.9 Å². The van der Waals surface area contributed by atoms with Crippen LogP contribution in [-0.4, -0.2) is 17.0 Å². The molecule has 0 aromatic rings. The smallest absolute Gasteiger partial charge is 0.155 e. The van der Waals surface area contributed by atoms with Crippen LogP contribution in [0.3, 0.4) is 0 Å². The fourth-order valence-electron chi connectivity index (χ4n) is 6.74. The van der Waals surface area contributed by atoms with E-state index >= 15 is 0 Å². The van der Waals surface area contributed by atoms with Gasteiger partial charge in [0.1, 0.15) is 0 Å². The number of allylic oxidation sites excluding steroid dienone is 1. The second-order valence-electron chi connectivity index (χ2n) is 8.97. The topological polar surface area (TPSA) is 37.3 Å². The molecular formula is C21H28O2. The summed E-state index contributed by atoms with van der Waals surface area (Å²) in [5, 5.41) is 10.8. The lowest BCUT2D eigenvalue weighted by Gasteiger charge is -2.57. The van der Waals surface area contributed by atoms with Crippen molar-refractivity contribution < 1.29 is 9.90 Å². The Morgan fingerprint density at radius 1 is 1.22 bits per heavy atom. The van der Waals surface area contributed by atoms with Gasteiger partial charge < -0.3 is 5.11 Å². The predicted molar refractivity (Wildman–Crippen MR) is 90.4 cm³/mol. The second-order valence-corrected chi connectivity index (χ2v) is 8.97. The zero-order valence-corrected chi connectivity index (χ0v) is 14.3. The first-order chi connectivity index (χ1) is 10.9. The van der Waals surface area contributed by atoms with Crippen molar-refractivity contribution in [3.05, 3.63) is 11.6 Å². The normalized spacial score (nSPS) is 52.0. The molecule has 124 valence electrons. The number of rotatable bonds is 0. The third-order valence-corrected chi connectivity index (χ3v) is 8.18. The van der Waals surface area contributed by atoms with Crippen molar-refractivity contribution in [2.75, 3.05) is 0 Å². The van der Waals surface area contributed by atoms with Crippen LogP contribution in [0.5, 0.6) is 0 Å². The van der Waals surface area contributed by atoms with Crippen LogP contribution < -0.4 is 0 Å². The molecule has 3 fully saturated rings. The molecule has 0 heterocycles. The van der Waals surface area contributed by atoms with Crippen LogP contribution in [0.1, 0.15) is 58.8 Å². The Bertz CT molecular complexity index is 612. The number of ketones is 1. The van der Waals surface area contributed by atoms with Gasteiger partial charge in [0.25, 0.3) is 0 Å². The lowest BCUT2D eigenvalue weighted by molar-refractivity contribution is -0.118. The molecule has 0 aliphatic heterocycles. The number of aliphatic hydroxyl groups is 1. The van der Waals surface area contributed by atoms with Gasteiger partial charge in [-0.15, -0.1) is 12.3 Å². The fraction of sp³-hybridized carbons (Fsp3) is 0.762. The highest BCUT2D eigenvalue weighted by Gasteiger charge is 2.60. The molecule has 2 heteroatoms. The van der Waals surface area contributed by atoms with Crippen molar-refractivity contribution in [3.63, 3.8) is 0 Å². The zero-order chi connectivity index (χ0) is 16.4. The van der Waals surface area contributed by atoms with Gasteiger partial charge in [-0.1, -0.05) is 19.4 Å². The average Bonchev–Trinajstić information content (AvgIpc) is 2.79. The Hall–Kier alpha value is -1.07. The summed E-state index contributed by atoms with van der Waals surface area (Å²) in [4.78, 5) is 11.8. The van der Waals surface area contributed by atoms with Crippen LogP contribution in [0.2, 0.25) is 0 Å². The molecule has 23 heavy (non-hydrogen) atoms. The Morgan fingerprint density at radius 2 is 2.00 bits per heavy atom. The SMILES string of the molecule is C#CC1C[C@H]2[C@@H]3CCC4=CC(=O)CC[C@]4(C)[C@H]3CC[C@]2(C)C1O. The Morgan fingerprint density at radius 3 is 2.74 bits per heavy atom. The number of aliphatic hydroxyl groups excluding tert-OH is 1. The lowest BCUT2D eigenvalue weighted by atomic mass is 9.47. The third kappa shape index (κ3) is 1.96. The Labute approximate surface area is 139 Å². The standard InChI is InChI=1S/C21H28O2/c1-4-13-11-18-16-6-5-14-12-15(22)7-9-20(14,2)17(16)8-10-21(18,3)19(13)23/h1,12-13,16-19,23H,5-11H2,2-3H3/t13?,16-,17+,18+,19?,20+,21+/m1/s1. The van der Waals surface area contributed by atoms with E-state index in [1.54, 1.807) is 0 Å². The third-order valence-electron chi connectivity index (χ3n) is 8.18. The first kappa shape index (κ1) is 15.5. The van der Waals surface area contributed by atoms with E-state index in [2.05, 4.69) is 19.8 Å². The lowest BCUT2D eigenvalue weighted by Crippen LogP contribution is -2.51. The fourth-order valence-corrected chi connectivity index (χ4v) is 6.74. The summed E-state index contributed by atoms with van der Waals surface area (Å²) in [5.74, 6) is 5.08. The molecular weight excluding hydrogens is 284 g/mol. The summed E-state index contributed by atoms with van der Waals surface area (Å²) in [6.45, 7) is 4.67. The number of hydrogen-bond acceptors (Lipinski definition) is 2. The van der Waals surface area contributed by atoms with Crippen LogP contribution >= 0.6 is 0 Å². The average molecular weight is 312 g/mol. The minimum absolute atomic E-state index is 0.000265. The molecule has 7 atom stereocenters. The van der Waals surface area contributed by atoms with Gasteiger partial charge in [0.05, 0.1) is 6.10 Å². The molecule has 0 radical (unpaired) electrons. The van der Waals surface area contributed by atoms with E-state index in [1.165, 1.54) is 18.4 Å². The van der Waals surface area contributed by atoms with Gasteiger partial charge in [-0.3, -0.25) is 4.79 Å². The molecule has 0 amide bonds. The maximum absolute atomic E-state index is 11.8. The van der Waals surface area contributed by atoms with Gasteiger partial charge in [0.2, 0.25) is 0 Å². The molecule has 2 unspecified atom stereocenters. The van der Waals surface area contributed by atoms with Crippen molar-refractivity contribution in [3.8, 4) is 12.3 Å². The van der Waals surface area contributed by atoms with Crippen LogP contribution in [-0.2, 0) is 4.79 Å². The Balaban J connectivity index is 1.69. The van der Waals surface area contributed by atoms with E-state index in [9.17, 15) is 9.90 Å². The summed E-state index contributed by atoms with van der Waals surface area (Å²) in [6.07, 6.45) is 14.5. The highest BCUT2D eigenvalue weighted by molar-refractivity contribution is 5.91. The van der Waals surface area contributed by atoms with E-state index < -0.39 is 0 Å². The predicted octanol–water partition coefficient (Wildman–Crippen LogP) is 3.74. The maximum atomic E-state index is 11.8. The quantitative estimate of drug-likeness (QED) is 0.692. The highest BCUT2D eigenvalue weighted by Crippen LogP contribution is 2.65. The summed E-state index contributed by atoms with van der Waals surface area (Å²) < 4.78 is 0. The van der Waals surface area contributed by atoms with E-state index in [0.29, 0.717) is 30.0 Å². The molecule has 0 spiro atoms. The monoisotopic (exact) mass is 312 g/mol. The van der Waals surface area contributed by atoms with Gasteiger partial charge in [-0.05, 0) is 73.2 Å². The second kappa shape index (κ2) is 4.96. The number of hydrogen-bond donors (Lipinski definition) is 1. The van der Waals surface area contributed by atoms with Crippen LogP contribution in [0.25, 0.3) is 0 Å². The highest BCUT2D eigenvalue weighted by atomic mass is 16.3. The van der Waals surface area contributed by atoms with Crippen molar-refractivity contribution in [1.82, 2.24) is 0 Å². The summed E-state index contributed by atoms with van der Waals surface area (Å²) >= 11 is 0. The van der Waals surface area contributed by atoms with Crippen LogP contribution in [0.15, 0.2) is 11.6 Å². The van der Waals surface area contributed by atoms with Crippen LogP contribution in [0, 0.1) is 46.8 Å². The summed E-state index contributed by atoms with van der Waals surface area (Å²) in [5.41, 5.74) is 1.61. The zero-order valence-electron chi connectivity index (χ0n) is 14.3. The molecule has 0 bridgehead atoms.